The fourth-order valence-electron chi connectivity index (χ4n) is 4.30. The summed E-state index contributed by atoms with van der Waals surface area (Å²) in [6, 6.07) is 0.660. The van der Waals surface area contributed by atoms with Gasteiger partial charge in [-0.2, -0.15) is 0 Å². The number of aliphatic hydroxyl groups is 1. The van der Waals surface area contributed by atoms with Crippen LogP contribution < -0.4 is 0 Å². The Hall–Kier alpha value is -0.0231. The number of quaternary nitrogens is 2. The van der Waals surface area contributed by atoms with Crippen molar-refractivity contribution in [3.05, 3.63) is 0 Å². The Morgan fingerprint density at radius 2 is 1.38 bits per heavy atom. The minimum absolute atomic E-state index is 0.172. The van der Waals surface area contributed by atoms with Crippen molar-refractivity contribution in [2.24, 2.45) is 0 Å². The molecule has 7 heteroatoms. The van der Waals surface area contributed by atoms with Crippen LogP contribution in [0.3, 0.4) is 0 Å². The molecule has 0 amide bonds. The summed E-state index contributed by atoms with van der Waals surface area (Å²) in [5, 5.41) is 9.27. The van der Waals surface area contributed by atoms with Gasteiger partial charge in [-0.15, -0.1) is 0 Å². The van der Waals surface area contributed by atoms with E-state index in [2.05, 4.69) is 27.9 Å². The molecule has 0 aromatic rings. The Morgan fingerprint density at radius 1 is 0.862 bits per heavy atom. The van der Waals surface area contributed by atoms with Gasteiger partial charge in [-0.1, -0.05) is 33.1 Å². The van der Waals surface area contributed by atoms with Crippen molar-refractivity contribution < 1.29 is 27.7 Å². The summed E-state index contributed by atoms with van der Waals surface area (Å²) in [4.78, 5) is 11.0. The molecule has 0 radical (unpaired) electrons. The van der Waals surface area contributed by atoms with E-state index in [1.165, 1.54) is 58.0 Å². The standard InChI is InChI=1S/C22H50N2O4Si/c1-5-7-9-11-14-23(3,13-10-8-6-2)15-12-22-29(26)27-20-17-24(4,16-19-25)18-21-28-29/h25-26H,5-22H2,1-4H3/q+2. The Morgan fingerprint density at radius 3 is 1.93 bits per heavy atom. The average molecular weight is 435 g/mol. The van der Waals surface area contributed by atoms with Crippen LogP contribution in [-0.4, -0.2) is 101 Å². The molecule has 0 saturated carbocycles. The maximum absolute atomic E-state index is 11.0. The summed E-state index contributed by atoms with van der Waals surface area (Å²) in [6.07, 6.45) is 10.1. The number of unbranched alkanes of at least 4 members (excludes halogenated alkanes) is 5. The fraction of sp³-hybridized carbons (Fsp3) is 1.00. The van der Waals surface area contributed by atoms with Crippen LogP contribution in [0.25, 0.3) is 0 Å². The van der Waals surface area contributed by atoms with Gasteiger partial charge in [0, 0.05) is 12.5 Å². The van der Waals surface area contributed by atoms with Gasteiger partial charge in [0.05, 0.1) is 53.6 Å². The van der Waals surface area contributed by atoms with Gasteiger partial charge in [0.1, 0.15) is 19.6 Å². The van der Waals surface area contributed by atoms with Gasteiger partial charge in [0.15, 0.2) is 0 Å². The molecule has 1 heterocycles. The minimum Gasteiger partial charge on any atom is -0.391 e. The molecule has 1 rings (SSSR count). The molecule has 0 aromatic carbocycles. The van der Waals surface area contributed by atoms with Crippen LogP contribution >= 0.6 is 0 Å². The monoisotopic (exact) mass is 434 g/mol. The third-order valence-corrected chi connectivity index (χ3v) is 8.90. The molecule has 0 bridgehead atoms. The second-order valence-corrected chi connectivity index (χ2v) is 12.1. The van der Waals surface area contributed by atoms with Crippen molar-refractivity contribution in [2.75, 3.05) is 73.2 Å². The first-order valence-electron chi connectivity index (χ1n) is 12.1. The lowest BCUT2D eigenvalue weighted by Crippen LogP contribution is -2.56. The lowest BCUT2D eigenvalue weighted by atomic mass is 10.1. The Balaban J connectivity index is 2.49. The van der Waals surface area contributed by atoms with Gasteiger partial charge >= 0.3 is 8.80 Å². The van der Waals surface area contributed by atoms with Crippen molar-refractivity contribution in [3.8, 4) is 0 Å². The van der Waals surface area contributed by atoms with E-state index in [0.717, 1.165) is 35.0 Å². The SMILES string of the molecule is CCCCCC[N+](C)(CCCCC)CCC[Si]1(O)OCC[N+](C)(CCO)CCO1. The van der Waals surface area contributed by atoms with Gasteiger partial charge < -0.3 is 27.7 Å². The topological polar surface area (TPSA) is 58.9 Å². The van der Waals surface area contributed by atoms with E-state index in [4.69, 9.17) is 8.85 Å². The number of rotatable bonds is 15. The number of hydrogen-bond acceptors (Lipinski definition) is 4. The predicted molar refractivity (Wildman–Crippen MR) is 122 cm³/mol. The van der Waals surface area contributed by atoms with Crippen molar-refractivity contribution in [1.29, 1.82) is 0 Å². The van der Waals surface area contributed by atoms with Crippen molar-refractivity contribution >= 4 is 8.80 Å². The molecule has 1 aliphatic heterocycles. The zero-order valence-electron chi connectivity index (χ0n) is 19.8. The maximum atomic E-state index is 11.0. The number of hydrogen-bond donors (Lipinski definition) is 2. The highest BCUT2D eigenvalue weighted by Crippen LogP contribution is 2.20. The molecular weight excluding hydrogens is 384 g/mol. The highest BCUT2D eigenvalue weighted by molar-refractivity contribution is 6.59. The van der Waals surface area contributed by atoms with Crippen molar-refractivity contribution in [1.82, 2.24) is 0 Å². The zero-order chi connectivity index (χ0) is 21.6. The van der Waals surface area contributed by atoms with Gasteiger partial charge in [-0.25, -0.2) is 0 Å². The van der Waals surface area contributed by atoms with Crippen molar-refractivity contribution in [3.63, 3.8) is 0 Å². The van der Waals surface area contributed by atoms with Gasteiger partial charge in [0.2, 0.25) is 0 Å². The van der Waals surface area contributed by atoms with Gasteiger partial charge in [-0.3, -0.25) is 0 Å². The van der Waals surface area contributed by atoms with Crippen LogP contribution in [0.2, 0.25) is 6.04 Å². The second kappa shape index (κ2) is 14.1. The van der Waals surface area contributed by atoms with E-state index in [1.807, 2.05) is 0 Å². The third-order valence-electron chi connectivity index (χ3n) is 6.60. The molecule has 1 aliphatic rings. The molecule has 6 nitrogen and oxygen atoms in total. The smallest absolute Gasteiger partial charge is 0.391 e. The van der Waals surface area contributed by atoms with Crippen LogP contribution in [0, 0.1) is 0 Å². The number of aliphatic hydroxyl groups excluding tert-OH is 1. The third kappa shape index (κ3) is 11.2. The van der Waals surface area contributed by atoms with Gasteiger partial charge in [-0.05, 0) is 25.7 Å². The summed E-state index contributed by atoms with van der Waals surface area (Å²) in [7, 11) is 1.44. The molecule has 0 aromatic heterocycles. The summed E-state index contributed by atoms with van der Waals surface area (Å²) >= 11 is 0. The first-order valence-corrected chi connectivity index (χ1v) is 14.1. The van der Waals surface area contributed by atoms with E-state index in [-0.39, 0.29) is 6.61 Å². The molecule has 2 N–H and O–H groups in total. The highest BCUT2D eigenvalue weighted by Gasteiger charge is 2.40. The summed E-state index contributed by atoms with van der Waals surface area (Å²) in [5.74, 6) is 0. The minimum atomic E-state index is -3.07. The molecule has 1 fully saturated rings. The zero-order valence-corrected chi connectivity index (χ0v) is 20.8. The van der Waals surface area contributed by atoms with E-state index in [9.17, 15) is 9.90 Å². The maximum Gasteiger partial charge on any atom is 0.498 e. The van der Waals surface area contributed by atoms with Crippen LogP contribution in [0.1, 0.15) is 65.2 Å². The van der Waals surface area contributed by atoms with Crippen LogP contribution in [-0.2, 0) is 8.85 Å². The molecule has 0 spiro atoms. The van der Waals surface area contributed by atoms with Crippen LogP contribution in [0.15, 0.2) is 0 Å². The van der Waals surface area contributed by atoms with Crippen LogP contribution in [0.5, 0.6) is 0 Å². The average Bonchev–Trinajstić information content (AvgIpc) is 2.65. The number of likely N-dealkylation sites (N-methyl/N-ethyl adjacent to an activating group) is 1. The predicted octanol–water partition coefficient (Wildman–Crippen LogP) is 3.01. The second-order valence-electron chi connectivity index (χ2n) is 9.59. The Labute approximate surface area is 181 Å². The van der Waals surface area contributed by atoms with Crippen LogP contribution in [0.4, 0.5) is 0 Å². The largest absolute Gasteiger partial charge is 0.498 e. The van der Waals surface area contributed by atoms with E-state index >= 15 is 0 Å². The number of nitrogens with zero attached hydrogens (tertiary/aromatic N) is 2. The molecule has 1 unspecified atom stereocenters. The Kier molecular flexibility index (Phi) is 13.1. The summed E-state index contributed by atoms with van der Waals surface area (Å²) in [5.41, 5.74) is 0. The fourth-order valence-corrected chi connectivity index (χ4v) is 6.09. The quantitative estimate of drug-likeness (QED) is 0.236. The first-order chi connectivity index (χ1) is 13.8. The normalized spacial score (nSPS) is 27.9. The Bertz CT molecular complexity index is 418. The first kappa shape index (κ1) is 27.0. The lowest BCUT2D eigenvalue weighted by Gasteiger charge is -2.38. The summed E-state index contributed by atoms with van der Waals surface area (Å²) < 4.78 is 13.7. The molecule has 1 saturated heterocycles. The van der Waals surface area contributed by atoms with Gasteiger partial charge in [0.25, 0.3) is 0 Å². The van der Waals surface area contributed by atoms with E-state index < -0.39 is 8.80 Å². The molecule has 29 heavy (non-hydrogen) atoms. The van der Waals surface area contributed by atoms with Crippen molar-refractivity contribution in [2.45, 2.75) is 71.3 Å². The van der Waals surface area contributed by atoms with E-state index in [0.29, 0.717) is 25.8 Å². The molecular formula is C22H50N2O4Si+2. The highest BCUT2D eigenvalue weighted by atomic mass is 28.4. The van der Waals surface area contributed by atoms with E-state index in [1.54, 1.807) is 0 Å². The lowest BCUT2D eigenvalue weighted by molar-refractivity contribution is -0.911. The molecule has 1 atom stereocenters. The summed E-state index contributed by atoms with van der Waals surface area (Å²) in [6.45, 7) is 11.6. The molecule has 0 aliphatic carbocycles. The molecule has 174 valence electrons.